The molecule has 4 heteroatoms. The number of hydrogen-bond acceptors (Lipinski definition) is 2. The highest BCUT2D eigenvalue weighted by atomic mass is 32.2. The van der Waals surface area contributed by atoms with Crippen LogP contribution in [0.4, 0.5) is 0 Å². The fourth-order valence-corrected chi connectivity index (χ4v) is 1.78. The molecule has 1 N–H and O–H groups in total. The van der Waals surface area contributed by atoms with Crippen LogP contribution in [0.15, 0.2) is 4.40 Å². The number of aliphatic hydroxyl groups excluding tert-OH is 1. The van der Waals surface area contributed by atoms with Gasteiger partial charge in [-0.25, -0.2) is 4.21 Å². The smallest absolute Gasteiger partial charge is 0.144 e. The zero-order valence-corrected chi connectivity index (χ0v) is 12.1. The van der Waals surface area contributed by atoms with Gasteiger partial charge < -0.3 is 5.11 Å². The standard InChI is InChI=1S/C12H25NO2S/c1-7-10(14)8-11(9(2)3)13-16(15)12(4,5)6/h9-10,14H,7-8H2,1-6H3/b13-11+/t10-,16?/m1/s1. The van der Waals surface area contributed by atoms with E-state index in [9.17, 15) is 9.32 Å². The molecule has 0 aliphatic rings. The molecular formula is C12H25NO2S. The molecule has 0 spiro atoms. The zero-order valence-electron chi connectivity index (χ0n) is 11.3. The fourth-order valence-electron chi connectivity index (χ4n) is 1.01. The largest absolute Gasteiger partial charge is 0.393 e. The number of rotatable bonds is 5. The molecule has 0 rings (SSSR count). The summed E-state index contributed by atoms with van der Waals surface area (Å²) in [6.07, 6.45) is 0.849. The van der Waals surface area contributed by atoms with E-state index in [0.29, 0.717) is 12.8 Å². The van der Waals surface area contributed by atoms with Gasteiger partial charge >= 0.3 is 0 Å². The van der Waals surface area contributed by atoms with Gasteiger partial charge in [-0.05, 0) is 33.1 Å². The second-order valence-corrected chi connectivity index (χ2v) is 7.27. The maximum absolute atomic E-state index is 11.9. The predicted octanol–water partition coefficient (Wildman–Crippen LogP) is 2.71. The van der Waals surface area contributed by atoms with Crippen LogP contribution < -0.4 is 0 Å². The van der Waals surface area contributed by atoms with E-state index in [1.807, 2.05) is 41.5 Å². The zero-order chi connectivity index (χ0) is 12.9. The molecule has 96 valence electrons. The first-order valence-corrected chi connectivity index (χ1v) is 6.96. The summed E-state index contributed by atoms with van der Waals surface area (Å²) < 4.78 is 15.8. The summed E-state index contributed by atoms with van der Waals surface area (Å²) in [6, 6.07) is 0. The van der Waals surface area contributed by atoms with Gasteiger partial charge in [-0.1, -0.05) is 20.8 Å². The lowest BCUT2D eigenvalue weighted by atomic mass is 10.0. The van der Waals surface area contributed by atoms with Gasteiger partial charge in [0.1, 0.15) is 11.0 Å². The molecule has 0 aromatic heterocycles. The van der Waals surface area contributed by atoms with Crippen molar-refractivity contribution in [2.24, 2.45) is 10.3 Å². The third-order valence-electron chi connectivity index (χ3n) is 2.31. The van der Waals surface area contributed by atoms with E-state index in [-0.39, 0.29) is 16.8 Å². The summed E-state index contributed by atoms with van der Waals surface area (Å²) >= 11 is 0. The van der Waals surface area contributed by atoms with Crippen molar-refractivity contribution in [3.63, 3.8) is 0 Å². The van der Waals surface area contributed by atoms with Crippen molar-refractivity contribution < 1.29 is 9.32 Å². The Morgan fingerprint density at radius 2 is 1.88 bits per heavy atom. The van der Waals surface area contributed by atoms with Crippen molar-refractivity contribution in [1.29, 1.82) is 0 Å². The van der Waals surface area contributed by atoms with E-state index in [4.69, 9.17) is 0 Å². The number of hydrogen-bond donors (Lipinski definition) is 1. The molecule has 2 atom stereocenters. The molecule has 0 amide bonds. The van der Waals surface area contributed by atoms with Gasteiger partial charge in [-0.3, -0.25) is 0 Å². The number of aliphatic hydroxyl groups is 1. The lowest BCUT2D eigenvalue weighted by molar-refractivity contribution is 0.177. The average molecular weight is 247 g/mol. The minimum absolute atomic E-state index is 0.229. The van der Waals surface area contributed by atoms with Crippen LogP contribution >= 0.6 is 0 Å². The summed E-state index contributed by atoms with van der Waals surface area (Å²) in [5.41, 5.74) is 0.850. The lowest BCUT2D eigenvalue weighted by Crippen LogP contribution is -2.24. The van der Waals surface area contributed by atoms with Crippen LogP contribution in [0.2, 0.25) is 0 Å². The van der Waals surface area contributed by atoms with Crippen molar-refractivity contribution in [2.45, 2.75) is 65.2 Å². The topological polar surface area (TPSA) is 49.7 Å². The van der Waals surface area contributed by atoms with Crippen molar-refractivity contribution in [2.75, 3.05) is 0 Å². The quantitative estimate of drug-likeness (QED) is 0.759. The molecule has 0 radical (unpaired) electrons. The molecule has 0 bridgehead atoms. The summed E-state index contributed by atoms with van der Waals surface area (Å²) in [5.74, 6) is 0.229. The molecule has 0 saturated heterocycles. The lowest BCUT2D eigenvalue weighted by Gasteiger charge is -2.18. The Kier molecular flexibility index (Phi) is 6.41. The van der Waals surface area contributed by atoms with Crippen molar-refractivity contribution in [1.82, 2.24) is 0 Å². The Balaban J connectivity index is 4.79. The minimum Gasteiger partial charge on any atom is -0.393 e. The molecule has 0 aromatic carbocycles. The van der Waals surface area contributed by atoms with E-state index in [1.165, 1.54) is 0 Å². The summed E-state index contributed by atoms with van der Waals surface area (Å²) in [6.45, 7) is 11.7. The molecule has 0 aromatic rings. The molecule has 0 aliphatic carbocycles. The SMILES string of the molecule is CC[C@@H](O)C/C(=N\S(=O)C(C)(C)C)C(C)C. The molecule has 3 nitrogen and oxygen atoms in total. The maximum Gasteiger partial charge on any atom is 0.144 e. The van der Waals surface area contributed by atoms with Gasteiger partial charge in [0.25, 0.3) is 0 Å². The van der Waals surface area contributed by atoms with Crippen molar-refractivity contribution in [3.8, 4) is 0 Å². The van der Waals surface area contributed by atoms with E-state index in [2.05, 4.69) is 4.40 Å². The van der Waals surface area contributed by atoms with E-state index >= 15 is 0 Å². The highest BCUT2D eigenvalue weighted by Crippen LogP contribution is 2.16. The van der Waals surface area contributed by atoms with Gasteiger partial charge in [0.05, 0.1) is 10.9 Å². The first kappa shape index (κ1) is 15.8. The van der Waals surface area contributed by atoms with Gasteiger partial charge in [0.2, 0.25) is 0 Å². The van der Waals surface area contributed by atoms with E-state index < -0.39 is 11.0 Å². The van der Waals surface area contributed by atoms with Crippen LogP contribution in [0.1, 0.15) is 54.4 Å². The predicted molar refractivity (Wildman–Crippen MR) is 71.1 cm³/mol. The molecule has 16 heavy (non-hydrogen) atoms. The summed E-state index contributed by atoms with van der Waals surface area (Å²) in [5, 5.41) is 9.61. The van der Waals surface area contributed by atoms with Gasteiger partial charge in [0.15, 0.2) is 0 Å². The van der Waals surface area contributed by atoms with Crippen LogP contribution in [-0.4, -0.2) is 25.9 Å². The Morgan fingerprint density at radius 1 is 1.38 bits per heavy atom. The van der Waals surface area contributed by atoms with Gasteiger partial charge in [-0.2, -0.15) is 4.40 Å². The Hall–Kier alpha value is -0.220. The Morgan fingerprint density at radius 3 is 2.19 bits per heavy atom. The van der Waals surface area contributed by atoms with E-state index in [0.717, 1.165) is 5.71 Å². The summed E-state index contributed by atoms with van der Waals surface area (Å²) in [7, 11) is -1.23. The molecule has 1 unspecified atom stereocenters. The van der Waals surface area contributed by atoms with Crippen LogP contribution in [0.3, 0.4) is 0 Å². The first-order valence-electron chi connectivity index (χ1n) is 5.86. The third kappa shape index (κ3) is 5.75. The van der Waals surface area contributed by atoms with Crippen molar-refractivity contribution >= 4 is 16.7 Å². The molecule has 0 saturated carbocycles. The van der Waals surface area contributed by atoms with Gasteiger partial charge in [0, 0.05) is 12.1 Å². The van der Waals surface area contributed by atoms with Crippen LogP contribution in [-0.2, 0) is 11.0 Å². The molecule has 0 fully saturated rings. The minimum atomic E-state index is -1.23. The highest BCUT2D eigenvalue weighted by Gasteiger charge is 2.21. The van der Waals surface area contributed by atoms with Crippen LogP contribution in [0.25, 0.3) is 0 Å². The monoisotopic (exact) mass is 247 g/mol. The molecular weight excluding hydrogens is 222 g/mol. The number of nitrogens with zero attached hydrogens (tertiary/aromatic N) is 1. The second kappa shape index (κ2) is 6.50. The van der Waals surface area contributed by atoms with Crippen LogP contribution in [0.5, 0.6) is 0 Å². The van der Waals surface area contributed by atoms with E-state index in [1.54, 1.807) is 0 Å². The molecule has 0 heterocycles. The molecule has 0 aliphatic heterocycles. The van der Waals surface area contributed by atoms with Crippen LogP contribution in [0, 0.1) is 5.92 Å². The Bertz CT molecular complexity index is 267. The second-order valence-electron chi connectivity index (χ2n) is 5.37. The summed E-state index contributed by atoms with van der Waals surface area (Å²) in [4.78, 5) is 0. The normalized spacial score (nSPS) is 17.6. The average Bonchev–Trinajstić information content (AvgIpc) is 2.14. The first-order chi connectivity index (χ1) is 7.18. The Labute approximate surface area is 102 Å². The van der Waals surface area contributed by atoms with Crippen molar-refractivity contribution in [3.05, 3.63) is 0 Å². The maximum atomic E-state index is 11.9. The fraction of sp³-hybridized carbons (Fsp3) is 0.917. The highest BCUT2D eigenvalue weighted by molar-refractivity contribution is 7.85. The third-order valence-corrected chi connectivity index (χ3v) is 3.75. The van der Waals surface area contributed by atoms with Gasteiger partial charge in [-0.15, -0.1) is 0 Å².